The van der Waals surface area contributed by atoms with Gasteiger partial charge in [0.15, 0.2) is 5.13 Å². The molecule has 1 aliphatic rings. The molecule has 0 N–H and O–H groups in total. The van der Waals surface area contributed by atoms with E-state index >= 15 is 0 Å². The van der Waals surface area contributed by atoms with Crippen molar-refractivity contribution in [2.24, 2.45) is 0 Å². The van der Waals surface area contributed by atoms with Crippen molar-refractivity contribution < 1.29 is 0 Å². The van der Waals surface area contributed by atoms with Crippen LogP contribution in [0.15, 0.2) is 11.6 Å². The number of hydrogen-bond donors (Lipinski definition) is 0. The number of anilines is 1. The molecule has 1 aromatic rings. The molecule has 2 rings (SSSR count). The third kappa shape index (κ3) is 1.46. The Balaban J connectivity index is 2.04. The molecule has 1 aliphatic carbocycles. The van der Waals surface area contributed by atoms with Gasteiger partial charge in [0.1, 0.15) is 0 Å². The number of hydrogen-bond acceptors (Lipinski definition) is 3. The Hall–Kier alpha value is -0.570. The maximum Gasteiger partial charge on any atom is 0.185 e. The van der Waals surface area contributed by atoms with Gasteiger partial charge in [0, 0.05) is 24.7 Å². The van der Waals surface area contributed by atoms with Crippen LogP contribution in [0.1, 0.15) is 25.7 Å². The first-order valence-corrected chi connectivity index (χ1v) is 5.38. The molecule has 66 valence electrons. The Morgan fingerprint density at radius 3 is 2.83 bits per heavy atom. The topological polar surface area (TPSA) is 16.1 Å². The number of aromatic nitrogens is 1. The second kappa shape index (κ2) is 3.44. The van der Waals surface area contributed by atoms with E-state index < -0.39 is 0 Å². The van der Waals surface area contributed by atoms with Crippen LogP contribution in [0, 0.1) is 0 Å². The van der Waals surface area contributed by atoms with Crippen LogP contribution in [0.5, 0.6) is 0 Å². The lowest BCUT2D eigenvalue weighted by Crippen LogP contribution is -2.28. The molecule has 0 aliphatic heterocycles. The molecule has 12 heavy (non-hydrogen) atoms. The Labute approximate surface area is 77.2 Å². The monoisotopic (exact) mass is 182 g/mol. The van der Waals surface area contributed by atoms with Gasteiger partial charge in [-0.15, -0.1) is 11.3 Å². The molecule has 0 aromatic carbocycles. The van der Waals surface area contributed by atoms with Gasteiger partial charge < -0.3 is 4.90 Å². The van der Waals surface area contributed by atoms with E-state index in [-0.39, 0.29) is 0 Å². The maximum atomic E-state index is 4.31. The van der Waals surface area contributed by atoms with Gasteiger partial charge in [-0.1, -0.05) is 12.8 Å². The molecule has 3 heteroatoms. The minimum atomic E-state index is 0.746. The molecule has 0 saturated heterocycles. The van der Waals surface area contributed by atoms with Crippen LogP contribution < -0.4 is 4.90 Å². The largest absolute Gasteiger partial charge is 0.348 e. The van der Waals surface area contributed by atoms with Crippen LogP contribution in [0.25, 0.3) is 0 Å². The van der Waals surface area contributed by atoms with Crippen molar-refractivity contribution in [3.05, 3.63) is 11.6 Å². The number of thiazole rings is 1. The molecular formula is C9H14N2S. The Morgan fingerprint density at radius 2 is 2.25 bits per heavy atom. The molecule has 0 unspecified atom stereocenters. The van der Waals surface area contributed by atoms with Gasteiger partial charge in [-0.25, -0.2) is 4.98 Å². The normalized spacial score (nSPS) is 18.4. The summed E-state index contributed by atoms with van der Waals surface area (Å²) in [4.78, 5) is 6.64. The van der Waals surface area contributed by atoms with E-state index in [1.807, 2.05) is 11.6 Å². The minimum absolute atomic E-state index is 0.746. The zero-order valence-electron chi connectivity index (χ0n) is 7.36. The van der Waals surface area contributed by atoms with Crippen molar-refractivity contribution in [1.82, 2.24) is 4.98 Å². The van der Waals surface area contributed by atoms with E-state index in [4.69, 9.17) is 0 Å². The van der Waals surface area contributed by atoms with Gasteiger partial charge in [-0.3, -0.25) is 0 Å². The second-order valence-corrected chi connectivity index (χ2v) is 4.24. The second-order valence-electron chi connectivity index (χ2n) is 3.36. The molecule has 1 saturated carbocycles. The predicted molar refractivity (Wildman–Crippen MR) is 52.8 cm³/mol. The van der Waals surface area contributed by atoms with Crippen molar-refractivity contribution >= 4 is 16.5 Å². The Bertz CT molecular complexity index is 227. The highest BCUT2D eigenvalue weighted by Gasteiger charge is 2.20. The van der Waals surface area contributed by atoms with Gasteiger partial charge >= 0.3 is 0 Å². The first-order valence-electron chi connectivity index (χ1n) is 4.50. The van der Waals surface area contributed by atoms with Crippen LogP contribution >= 0.6 is 11.3 Å². The highest BCUT2D eigenvalue weighted by atomic mass is 32.1. The van der Waals surface area contributed by atoms with Crippen LogP contribution in [-0.2, 0) is 0 Å². The first-order chi connectivity index (χ1) is 5.88. The van der Waals surface area contributed by atoms with Gasteiger partial charge in [0.25, 0.3) is 0 Å². The molecule has 0 bridgehead atoms. The highest BCUT2D eigenvalue weighted by molar-refractivity contribution is 7.13. The zero-order chi connectivity index (χ0) is 8.39. The summed E-state index contributed by atoms with van der Waals surface area (Å²) in [5.74, 6) is 0. The molecule has 0 atom stereocenters. The van der Waals surface area contributed by atoms with E-state index in [9.17, 15) is 0 Å². The smallest absolute Gasteiger partial charge is 0.185 e. The molecule has 0 radical (unpaired) electrons. The fourth-order valence-electron chi connectivity index (χ4n) is 1.84. The summed E-state index contributed by atoms with van der Waals surface area (Å²) in [6.45, 7) is 0. The average Bonchev–Trinajstić information content (AvgIpc) is 2.77. The number of nitrogens with zero attached hydrogens (tertiary/aromatic N) is 2. The molecule has 1 fully saturated rings. The lowest BCUT2D eigenvalue weighted by molar-refractivity contribution is 0.651. The van der Waals surface area contributed by atoms with Crippen LogP contribution in [-0.4, -0.2) is 18.1 Å². The Morgan fingerprint density at radius 1 is 1.50 bits per heavy atom. The van der Waals surface area contributed by atoms with Crippen molar-refractivity contribution in [2.45, 2.75) is 31.7 Å². The van der Waals surface area contributed by atoms with Crippen molar-refractivity contribution in [1.29, 1.82) is 0 Å². The summed E-state index contributed by atoms with van der Waals surface area (Å²) < 4.78 is 0. The van der Waals surface area contributed by atoms with E-state index in [0.29, 0.717) is 0 Å². The van der Waals surface area contributed by atoms with Gasteiger partial charge in [-0.05, 0) is 12.8 Å². The lowest BCUT2D eigenvalue weighted by Gasteiger charge is -2.23. The molecular weight excluding hydrogens is 168 g/mol. The van der Waals surface area contributed by atoms with Crippen LogP contribution in [0.4, 0.5) is 5.13 Å². The average molecular weight is 182 g/mol. The van der Waals surface area contributed by atoms with Gasteiger partial charge in [-0.2, -0.15) is 0 Å². The van der Waals surface area contributed by atoms with Crippen LogP contribution in [0.3, 0.4) is 0 Å². The standard InChI is InChI=1S/C9H14N2S/c1-11(8-4-2-3-5-8)9-10-6-7-12-9/h6-8H,2-5H2,1H3. The summed E-state index contributed by atoms with van der Waals surface area (Å²) in [6.07, 6.45) is 7.35. The van der Waals surface area contributed by atoms with Crippen molar-refractivity contribution in [2.75, 3.05) is 11.9 Å². The molecule has 0 spiro atoms. The summed E-state index contributed by atoms with van der Waals surface area (Å²) >= 11 is 1.73. The summed E-state index contributed by atoms with van der Waals surface area (Å²) in [6, 6.07) is 0.746. The summed E-state index contributed by atoms with van der Waals surface area (Å²) in [7, 11) is 2.16. The van der Waals surface area contributed by atoms with E-state index in [0.717, 1.165) is 6.04 Å². The first kappa shape index (κ1) is 8.05. The minimum Gasteiger partial charge on any atom is -0.348 e. The van der Waals surface area contributed by atoms with E-state index in [2.05, 4.69) is 16.9 Å². The molecule has 1 aromatic heterocycles. The maximum absolute atomic E-state index is 4.31. The summed E-state index contributed by atoms with van der Waals surface area (Å²) in [5, 5.41) is 3.21. The lowest BCUT2D eigenvalue weighted by atomic mass is 10.2. The van der Waals surface area contributed by atoms with Gasteiger partial charge in [0.05, 0.1) is 0 Å². The summed E-state index contributed by atoms with van der Waals surface area (Å²) in [5.41, 5.74) is 0. The van der Waals surface area contributed by atoms with E-state index in [1.54, 1.807) is 11.3 Å². The van der Waals surface area contributed by atoms with Crippen LogP contribution in [0.2, 0.25) is 0 Å². The fraction of sp³-hybridized carbons (Fsp3) is 0.667. The van der Waals surface area contributed by atoms with Gasteiger partial charge in [0.2, 0.25) is 0 Å². The molecule has 2 nitrogen and oxygen atoms in total. The van der Waals surface area contributed by atoms with E-state index in [1.165, 1.54) is 30.8 Å². The number of rotatable bonds is 2. The molecule has 1 heterocycles. The third-order valence-electron chi connectivity index (χ3n) is 2.59. The Kier molecular flexibility index (Phi) is 2.30. The molecule has 0 amide bonds. The third-order valence-corrected chi connectivity index (χ3v) is 3.46. The fourth-order valence-corrected chi connectivity index (χ4v) is 2.52. The zero-order valence-corrected chi connectivity index (χ0v) is 8.18. The van der Waals surface area contributed by atoms with Crippen molar-refractivity contribution in [3.8, 4) is 0 Å². The quantitative estimate of drug-likeness (QED) is 0.698. The van der Waals surface area contributed by atoms with Crippen molar-refractivity contribution in [3.63, 3.8) is 0 Å². The highest BCUT2D eigenvalue weighted by Crippen LogP contribution is 2.27. The SMILES string of the molecule is CN(c1nccs1)C1CCCC1. The predicted octanol–water partition coefficient (Wildman–Crippen LogP) is 2.52.